The zero-order valence-corrected chi connectivity index (χ0v) is 13.6. The van der Waals surface area contributed by atoms with Gasteiger partial charge in [-0.15, -0.1) is 0 Å². The molecule has 1 rings (SSSR count). The van der Waals surface area contributed by atoms with Crippen LogP contribution in [0.5, 0.6) is 0 Å². The Labute approximate surface area is 127 Å². The molecule has 1 amide bonds. The van der Waals surface area contributed by atoms with Crippen LogP contribution in [0.3, 0.4) is 0 Å². The maximum Gasteiger partial charge on any atom is 0.271 e. The second kappa shape index (κ2) is 9.28. The zero-order chi connectivity index (χ0) is 15.7. The van der Waals surface area contributed by atoms with Crippen LogP contribution in [0.15, 0.2) is 12.4 Å². The van der Waals surface area contributed by atoms with Crippen LogP contribution in [0, 0.1) is 0 Å². The van der Waals surface area contributed by atoms with Gasteiger partial charge in [-0.2, -0.15) is 0 Å². The smallest absolute Gasteiger partial charge is 0.271 e. The van der Waals surface area contributed by atoms with Crippen LogP contribution >= 0.6 is 0 Å². The van der Waals surface area contributed by atoms with E-state index in [4.69, 9.17) is 0 Å². The predicted molar refractivity (Wildman–Crippen MR) is 85.7 cm³/mol. The van der Waals surface area contributed by atoms with E-state index in [-0.39, 0.29) is 5.91 Å². The van der Waals surface area contributed by atoms with Gasteiger partial charge in [-0.25, -0.2) is 9.97 Å². The number of carbonyl (C=O) groups excluding carboxylic acids is 1. The van der Waals surface area contributed by atoms with Crippen molar-refractivity contribution in [2.75, 3.05) is 45.7 Å². The van der Waals surface area contributed by atoms with Crippen LogP contribution in [0.4, 0.5) is 5.82 Å². The highest BCUT2D eigenvalue weighted by molar-refractivity contribution is 5.91. The molecule has 0 atom stereocenters. The van der Waals surface area contributed by atoms with Crippen molar-refractivity contribution in [3.05, 3.63) is 18.1 Å². The van der Waals surface area contributed by atoms with Crippen molar-refractivity contribution in [2.45, 2.75) is 26.2 Å². The summed E-state index contributed by atoms with van der Waals surface area (Å²) >= 11 is 0. The molecule has 0 aliphatic heterocycles. The van der Waals surface area contributed by atoms with Crippen molar-refractivity contribution in [3.8, 4) is 0 Å². The summed E-state index contributed by atoms with van der Waals surface area (Å²) in [4.78, 5) is 24.5. The molecule has 1 aromatic heterocycles. The fourth-order valence-corrected chi connectivity index (χ4v) is 1.83. The number of unbranched alkanes of at least 4 members (excludes halogenated alkanes) is 1. The number of amides is 1. The molecular formula is C15H27N5O. The molecule has 6 heteroatoms. The number of hydrogen-bond donors (Lipinski definition) is 1. The molecule has 0 aliphatic carbocycles. The summed E-state index contributed by atoms with van der Waals surface area (Å²) in [5.41, 5.74) is 0.368. The van der Waals surface area contributed by atoms with E-state index in [1.165, 1.54) is 0 Å². The molecule has 6 nitrogen and oxygen atoms in total. The van der Waals surface area contributed by atoms with Gasteiger partial charge in [0.05, 0.1) is 12.4 Å². The lowest BCUT2D eigenvalue weighted by molar-refractivity contribution is 0.0947. The highest BCUT2D eigenvalue weighted by Crippen LogP contribution is 2.07. The number of hydrogen-bond acceptors (Lipinski definition) is 5. The van der Waals surface area contributed by atoms with Crippen LogP contribution in [0.1, 0.15) is 36.7 Å². The molecule has 21 heavy (non-hydrogen) atoms. The Morgan fingerprint density at radius 2 is 1.90 bits per heavy atom. The summed E-state index contributed by atoms with van der Waals surface area (Å²) < 4.78 is 0. The zero-order valence-electron chi connectivity index (χ0n) is 13.6. The van der Waals surface area contributed by atoms with Crippen LogP contribution in [0.25, 0.3) is 0 Å². The van der Waals surface area contributed by atoms with Crippen LogP contribution < -0.4 is 10.2 Å². The van der Waals surface area contributed by atoms with Crippen molar-refractivity contribution >= 4 is 11.7 Å². The third-order valence-electron chi connectivity index (χ3n) is 3.18. The largest absolute Gasteiger partial charge is 0.358 e. The number of carbonyl (C=O) groups is 1. The number of aromatic nitrogens is 2. The molecular weight excluding hydrogens is 266 g/mol. The van der Waals surface area contributed by atoms with Crippen LogP contribution in [0.2, 0.25) is 0 Å². The maximum atomic E-state index is 11.9. The van der Waals surface area contributed by atoms with Crippen molar-refractivity contribution in [1.29, 1.82) is 0 Å². The first-order chi connectivity index (χ1) is 10.0. The van der Waals surface area contributed by atoms with Gasteiger partial charge in [-0.1, -0.05) is 13.3 Å². The molecule has 0 aromatic carbocycles. The van der Waals surface area contributed by atoms with E-state index in [2.05, 4.69) is 32.0 Å². The molecule has 0 aliphatic rings. The molecule has 1 aromatic rings. The molecule has 118 valence electrons. The number of nitrogens with one attached hydrogen (secondary N) is 1. The lowest BCUT2D eigenvalue weighted by atomic mass is 10.3. The van der Waals surface area contributed by atoms with E-state index in [0.29, 0.717) is 12.2 Å². The Morgan fingerprint density at radius 1 is 1.14 bits per heavy atom. The fourth-order valence-electron chi connectivity index (χ4n) is 1.83. The van der Waals surface area contributed by atoms with Gasteiger partial charge in [0, 0.05) is 20.1 Å². The van der Waals surface area contributed by atoms with Gasteiger partial charge < -0.3 is 15.1 Å². The normalized spacial score (nSPS) is 10.7. The Hall–Kier alpha value is -1.69. The summed E-state index contributed by atoms with van der Waals surface area (Å²) in [6, 6.07) is 0. The second-order valence-electron chi connectivity index (χ2n) is 5.45. The summed E-state index contributed by atoms with van der Waals surface area (Å²) in [5, 5.41) is 2.86. The first-order valence-electron chi connectivity index (χ1n) is 7.50. The standard InChI is InChI=1S/C15H27N5O/c1-5-6-10-20(4)14-12-17-13(11-18-14)15(21)16-8-7-9-19(2)3/h11-12H,5-10H2,1-4H3,(H,16,21). The molecule has 1 N–H and O–H groups in total. The Morgan fingerprint density at radius 3 is 2.48 bits per heavy atom. The monoisotopic (exact) mass is 293 g/mol. The van der Waals surface area contributed by atoms with Gasteiger partial charge in [0.25, 0.3) is 5.91 Å². The van der Waals surface area contributed by atoms with Gasteiger partial charge in [0.1, 0.15) is 11.5 Å². The van der Waals surface area contributed by atoms with E-state index >= 15 is 0 Å². The summed E-state index contributed by atoms with van der Waals surface area (Å²) in [6.45, 7) is 4.70. The Balaban J connectivity index is 2.43. The minimum atomic E-state index is -0.163. The van der Waals surface area contributed by atoms with Crippen molar-refractivity contribution in [2.24, 2.45) is 0 Å². The van der Waals surface area contributed by atoms with Crippen molar-refractivity contribution in [3.63, 3.8) is 0 Å². The minimum absolute atomic E-state index is 0.163. The van der Waals surface area contributed by atoms with E-state index in [9.17, 15) is 4.79 Å². The predicted octanol–water partition coefficient (Wildman–Crippen LogP) is 1.39. The molecule has 0 spiro atoms. The molecule has 1 heterocycles. The van der Waals surface area contributed by atoms with Gasteiger partial charge in [-0.05, 0) is 33.5 Å². The number of rotatable bonds is 9. The van der Waals surface area contributed by atoms with Crippen molar-refractivity contribution in [1.82, 2.24) is 20.2 Å². The van der Waals surface area contributed by atoms with Gasteiger partial charge in [0.15, 0.2) is 0 Å². The molecule has 0 radical (unpaired) electrons. The van der Waals surface area contributed by atoms with E-state index < -0.39 is 0 Å². The number of nitrogens with zero attached hydrogens (tertiary/aromatic N) is 4. The van der Waals surface area contributed by atoms with Crippen LogP contribution in [-0.4, -0.2) is 61.6 Å². The van der Waals surface area contributed by atoms with Crippen molar-refractivity contribution < 1.29 is 4.79 Å². The first kappa shape index (κ1) is 17.4. The number of anilines is 1. The highest BCUT2D eigenvalue weighted by atomic mass is 16.1. The third kappa shape index (κ3) is 6.53. The maximum absolute atomic E-state index is 11.9. The summed E-state index contributed by atoms with van der Waals surface area (Å²) in [5.74, 6) is 0.636. The first-order valence-corrected chi connectivity index (χ1v) is 7.50. The van der Waals surface area contributed by atoms with Gasteiger partial charge >= 0.3 is 0 Å². The van der Waals surface area contributed by atoms with Gasteiger partial charge in [0.2, 0.25) is 0 Å². The Bertz CT molecular complexity index is 419. The lowest BCUT2D eigenvalue weighted by Gasteiger charge is -2.17. The average molecular weight is 293 g/mol. The highest BCUT2D eigenvalue weighted by Gasteiger charge is 2.09. The van der Waals surface area contributed by atoms with Crippen LogP contribution in [-0.2, 0) is 0 Å². The third-order valence-corrected chi connectivity index (χ3v) is 3.18. The lowest BCUT2D eigenvalue weighted by Crippen LogP contribution is -2.28. The molecule has 0 saturated heterocycles. The molecule has 0 saturated carbocycles. The second-order valence-corrected chi connectivity index (χ2v) is 5.45. The molecule has 0 bridgehead atoms. The molecule has 0 unspecified atom stereocenters. The average Bonchev–Trinajstić information content (AvgIpc) is 2.49. The van der Waals surface area contributed by atoms with Gasteiger partial charge in [-0.3, -0.25) is 4.79 Å². The van der Waals surface area contributed by atoms with E-state index in [0.717, 1.165) is 38.2 Å². The van der Waals surface area contributed by atoms with E-state index in [1.807, 2.05) is 21.1 Å². The topological polar surface area (TPSA) is 61.4 Å². The van der Waals surface area contributed by atoms with E-state index in [1.54, 1.807) is 12.4 Å². The fraction of sp³-hybridized carbons (Fsp3) is 0.667. The SMILES string of the molecule is CCCCN(C)c1cnc(C(=O)NCCCN(C)C)cn1. The Kier molecular flexibility index (Phi) is 7.68. The summed E-state index contributed by atoms with van der Waals surface area (Å²) in [7, 11) is 6.02. The molecule has 0 fully saturated rings. The minimum Gasteiger partial charge on any atom is -0.358 e. The quantitative estimate of drug-likeness (QED) is 0.697. The summed E-state index contributed by atoms with van der Waals surface area (Å²) in [6.07, 6.45) is 6.38.